The second-order valence-corrected chi connectivity index (χ2v) is 9.03. The largest absolute Gasteiger partial charge is 0.462 e. The van der Waals surface area contributed by atoms with Crippen molar-refractivity contribution in [2.45, 2.75) is 25.7 Å². The number of ketones is 1. The molecule has 10 heteroatoms. The van der Waals surface area contributed by atoms with Gasteiger partial charge >= 0.3 is 11.9 Å². The minimum Gasteiger partial charge on any atom is -0.462 e. The lowest BCUT2D eigenvalue weighted by Crippen LogP contribution is -2.31. The van der Waals surface area contributed by atoms with E-state index in [4.69, 9.17) is 9.47 Å². The van der Waals surface area contributed by atoms with Crippen molar-refractivity contribution in [3.63, 3.8) is 0 Å². The molecular formula is C23H24N2O7S. The smallest absolute Gasteiger partial charge is 0.340 e. The van der Waals surface area contributed by atoms with Crippen molar-refractivity contribution in [2.24, 2.45) is 0 Å². The maximum atomic E-state index is 12.5. The maximum absolute atomic E-state index is 12.5. The number of aromatic amines is 1. The first-order chi connectivity index (χ1) is 15.6. The van der Waals surface area contributed by atoms with Crippen molar-refractivity contribution in [3.8, 4) is 0 Å². The van der Waals surface area contributed by atoms with Crippen LogP contribution in [0.3, 0.4) is 0 Å². The summed E-state index contributed by atoms with van der Waals surface area (Å²) in [5.74, 6) is -2.03. The normalized spacial score (nSPS) is 11.4. The summed E-state index contributed by atoms with van der Waals surface area (Å²) in [4.78, 5) is 39.4. The van der Waals surface area contributed by atoms with E-state index in [1.54, 1.807) is 39.0 Å². The molecule has 0 saturated heterocycles. The SMILES string of the molecule is CCOC(=O)c1c(C)[nH]c(C(=O)COC(=O)CNS(=O)(=O)c2ccc3ccccc3c2)c1C. The van der Waals surface area contributed by atoms with Gasteiger partial charge in [0.2, 0.25) is 15.8 Å². The Morgan fingerprint density at radius 3 is 2.39 bits per heavy atom. The fourth-order valence-electron chi connectivity index (χ4n) is 3.38. The number of aryl methyl sites for hydroxylation is 1. The van der Waals surface area contributed by atoms with E-state index in [1.807, 2.05) is 12.1 Å². The number of nitrogens with one attached hydrogen (secondary N) is 2. The highest BCUT2D eigenvalue weighted by atomic mass is 32.2. The van der Waals surface area contributed by atoms with Gasteiger partial charge in [0.05, 0.1) is 22.8 Å². The van der Waals surface area contributed by atoms with Crippen LogP contribution >= 0.6 is 0 Å². The van der Waals surface area contributed by atoms with Gasteiger partial charge in [-0.3, -0.25) is 9.59 Å². The molecule has 2 N–H and O–H groups in total. The van der Waals surface area contributed by atoms with Crippen LogP contribution in [0.1, 0.15) is 39.0 Å². The van der Waals surface area contributed by atoms with Gasteiger partial charge in [0.1, 0.15) is 6.54 Å². The number of hydrogen-bond acceptors (Lipinski definition) is 7. The van der Waals surface area contributed by atoms with Crippen molar-refractivity contribution in [3.05, 3.63) is 65.0 Å². The number of sulfonamides is 1. The van der Waals surface area contributed by atoms with Crippen molar-refractivity contribution >= 4 is 38.5 Å². The Kier molecular flexibility index (Phi) is 7.29. The Labute approximate surface area is 191 Å². The molecular weight excluding hydrogens is 448 g/mol. The molecule has 0 aliphatic rings. The zero-order valence-corrected chi connectivity index (χ0v) is 19.2. The molecule has 3 aromatic rings. The Morgan fingerprint density at radius 1 is 1.00 bits per heavy atom. The molecule has 0 fully saturated rings. The highest BCUT2D eigenvalue weighted by Crippen LogP contribution is 2.20. The van der Waals surface area contributed by atoms with Crippen LogP contribution in [0, 0.1) is 13.8 Å². The van der Waals surface area contributed by atoms with E-state index in [1.165, 1.54) is 12.1 Å². The van der Waals surface area contributed by atoms with Gasteiger partial charge in [-0.05, 0) is 49.2 Å². The Morgan fingerprint density at radius 2 is 1.70 bits per heavy atom. The van der Waals surface area contributed by atoms with Gasteiger partial charge in [0.15, 0.2) is 6.61 Å². The summed E-state index contributed by atoms with van der Waals surface area (Å²) in [5.41, 5.74) is 1.24. The van der Waals surface area contributed by atoms with Crippen molar-refractivity contribution in [1.29, 1.82) is 0 Å². The number of ether oxygens (including phenoxy) is 2. The van der Waals surface area contributed by atoms with Crippen LogP contribution in [0.4, 0.5) is 0 Å². The number of carbonyl (C=O) groups excluding carboxylic acids is 3. The number of benzene rings is 2. The standard InChI is InChI=1S/C23H24N2O7S/c1-4-31-23(28)21-14(2)22(25-15(21)3)19(26)13-32-20(27)12-24-33(29,30)18-10-9-16-7-5-6-8-17(16)11-18/h5-11,24-25H,4,12-13H2,1-3H3. The van der Waals surface area contributed by atoms with Gasteiger partial charge in [-0.15, -0.1) is 0 Å². The number of esters is 2. The van der Waals surface area contributed by atoms with Gasteiger partial charge in [-0.2, -0.15) is 4.72 Å². The van der Waals surface area contributed by atoms with E-state index in [2.05, 4.69) is 9.71 Å². The maximum Gasteiger partial charge on any atom is 0.340 e. The summed E-state index contributed by atoms with van der Waals surface area (Å²) in [6.07, 6.45) is 0. The van der Waals surface area contributed by atoms with Crippen LogP contribution < -0.4 is 4.72 Å². The van der Waals surface area contributed by atoms with Gasteiger partial charge < -0.3 is 14.5 Å². The van der Waals surface area contributed by atoms with Gasteiger partial charge in [-0.25, -0.2) is 13.2 Å². The summed E-state index contributed by atoms with van der Waals surface area (Å²) >= 11 is 0. The van der Waals surface area contributed by atoms with E-state index in [9.17, 15) is 22.8 Å². The molecule has 0 unspecified atom stereocenters. The highest BCUT2D eigenvalue weighted by Gasteiger charge is 2.24. The first-order valence-corrected chi connectivity index (χ1v) is 11.7. The average Bonchev–Trinajstić information content (AvgIpc) is 3.09. The number of fused-ring (bicyclic) bond motifs is 1. The van der Waals surface area contributed by atoms with Crippen LogP contribution in [0.5, 0.6) is 0 Å². The van der Waals surface area contributed by atoms with Crippen molar-refractivity contribution in [2.75, 3.05) is 19.8 Å². The van der Waals surface area contributed by atoms with Gasteiger partial charge in [0.25, 0.3) is 0 Å². The fraction of sp³-hybridized carbons (Fsp3) is 0.261. The molecule has 9 nitrogen and oxygen atoms in total. The molecule has 0 radical (unpaired) electrons. The first kappa shape index (κ1) is 24.1. The van der Waals surface area contributed by atoms with Crippen molar-refractivity contribution in [1.82, 2.24) is 9.71 Å². The molecule has 0 spiro atoms. The summed E-state index contributed by atoms with van der Waals surface area (Å²) in [6.45, 7) is 3.83. The third-order valence-corrected chi connectivity index (χ3v) is 6.40. The third kappa shape index (κ3) is 5.47. The lowest BCUT2D eigenvalue weighted by Gasteiger charge is -2.08. The molecule has 2 aromatic carbocycles. The summed E-state index contributed by atoms with van der Waals surface area (Å²) in [7, 11) is -3.95. The molecule has 1 heterocycles. The second-order valence-electron chi connectivity index (χ2n) is 7.26. The molecule has 0 aliphatic carbocycles. The van der Waals surface area contributed by atoms with Crippen LogP contribution in [0.25, 0.3) is 10.8 Å². The number of H-pyrrole nitrogens is 1. The lowest BCUT2D eigenvalue weighted by molar-refractivity contribution is -0.141. The molecule has 0 atom stereocenters. The van der Waals surface area contributed by atoms with E-state index >= 15 is 0 Å². The summed E-state index contributed by atoms with van der Waals surface area (Å²) in [5, 5.41) is 1.63. The molecule has 33 heavy (non-hydrogen) atoms. The van der Waals surface area contributed by atoms with Crippen molar-refractivity contribution < 1.29 is 32.3 Å². The van der Waals surface area contributed by atoms with E-state index < -0.39 is 40.9 Å². The quantitative estimate of drug-likeness (QED) is 0.361. The number of carbonyl (C=O) groups is 3. The van der Waals surface area contributed by atoms with Gasteiger partial charge in [-0.1, -0.05) is 30.3 Å². The van der Waals surface area contributed by atoms with Crippen LogP contribution in [0.15, 0.2) is 47.4 Å². The molecule has 174 valence electrons. The monoisotopic (exact) mass is 472 g/mol. The van der Waals surface area contributed by atoms with E-state index in [0.29, 0.717) is 11.3 Å². The molecule has 0 bridgehead atoms. The predicted octanol–water partition coefficient (Wildman–Crippen LogP) is 2.67. The Bertz CT molecular complexity index is 1330. The third-order valence-electron chi connectivity index (χ3n) is 5.00. The number of rotatable bonds is 9. The zero-order valence-electron chi connectivity index (χ0n) is 18.4. The average molecular weight is 473 g/mol. The summed E-state index contributed by atoms with van der Waals surface area (Å²) in [6, 6.07) is 11.9. The highest BCUT2D eigenvalue weighted by molar-refractivity contribution is 7.89. The number of Topliss-reactive ketones (excluding diaryl/α,β-unsaturated/α-hetero) is 1. The lowest BCUT2D eigenvalue weighted by atomic mass is 10.1. The van der Waals surface area contributed by atoms with Crippen LogP contribution in [-0.2, 0) is 24.3 Å². The Hall–Kier alpha value is -3.50. The van der Waals surface area contributed by atoms with Crippen LogP contribution in [0.2, 0.25) is 0 Å². The number of hydrogen-bond donors (Lipinski definition) is 2. The van der Waals surface area contributed by atoms with E-state index in [-0.39, 0.29) is 22.8 Å². The summed E-state index contributed by atoms with van der Waals surface area (Å²) < 4.78 is 37.1. The van der Waals surface area contributed by atoms with Gasteiger partial charge in [0, 0.05) is 5.69 Å². The number of aromatic nitrogens is 1. The predicted molar refractivity (Wildman–Crippen MR) is 121 cm³/mol. The Balaban J connectivity index is 1.59. The molecule has 3 rings (SSSR count). The molecule has 0 aliphatic heterocycles. The minimum absolute atomic E-state index is 0.00839. The molecule has 1 aromatic heterocycles. The zero-order chi connectivity index (χ0) is 24.2. The van der Waals surface area contributed by atoms with Crippen LogP contribution in [-0.4, -0.2) is 50.9 Å². The first-order valence-electron chi connectivity index (χ1n) is 10.2. The molecule has 0 amide bonds. The molecule has 0 saturated carbocycles. The fourth-order valence-corrected chi connectivity index (χ4v) is 4.38. The minimum atomic E-state index is -3.95. The van der Waals surface area contributed by atoms with E-state index in [0.717, 1.165) is 10.8 Å². The topological polar surface area (TPSA) is 132 Å². The second kappa shape index (κ2) is 9.97.